The van der Waals surface area contributed by atoms with Gasteiger partial charge in [0.2, 0.25) is 5.78 Å². The van der Waals surface area contributed by atoms with Gasteiger partial charge in [0, 0.05) is 52.6 Å². The second-order valence-corrected chi connectivity index (χ2v) is 5.93. The number of carbonyl (C=O) groups is 1. The van der Waals surface area contributed by atoms with Crippen LogP contribution in [0, 0.1) is 11.3 Å². The Morgan fingerprint density at radius 3 is 2.16 bits per heavy atom. The van der Waals surface area contributed by atoms with E-state index in [-0.39, 0.29) is 11.4 Å². The molecule has 0 heterocycles. The van der Waals surface area contributed by atoms with Gasteiger partial charge in [0.25, 0.3) is 0 Å². The van der Waals surface area contributed by atoms with E-state index in [0.29, 0.717) is 23.5 Å². The molecule has 0 aromatic heterocycles. The molecule has 134 valence electrons. The summed E-state index contributed by atoms with van der Waals surface area (Å²) < 4.78 is 10.5. The number of ether oxygens (including phenoxy) is 2. The molecule has 6 heteroatoms. The molecule has 0 saturated heterocycles. The van der Waals surface area contributed by atoms with Crippen molar-refractivity contribution in [2.45, 2.75) is 6.42 Å². The van der Waals surface area contributed by atoms with Crippen LogP contribution in [-0.4, -0.2) is 58.0 Å². The second-order valence-electron chi connectivity index (χ2n) is 5.93. The fourth-order valence-electron chi connectivity index (χ4n) is 2.28. The average Bonchev–Trinajstić information content (AvgIpc) is 2.57. The number of ketones is 1. The summed E-state index contributed by atoms with van der Waals surface area (Å²) in [6.45, 7) is 0. The smallest absolute Gasteiger partial charge is 0.202 e. The van der Waals surface area contributed by atoms with E-state index < -0.39 is 0 Å². The van der Waals surface area contributed by atoms with Gasteiger partial charge < -0.3 is 19.3 Å². The van der Waals surface area contributed by atoms with E-state index in [1.807, 2.05) is 32.3 Å². The fraction of sp³-hybridized carbons (Fsp3) is 0.368. The van der Waals surface area contributed by atoms with Gasteiger partial charge in [-0.15, -0.1) is 0 Å². The van der Waals surface area contributed by atoms with Gasteiger partial charge in [-0.2, -0.15) is 5.26 Å². The highest BCUT2D eigenvalue weighted by molar-refractivity contribution is 6.10. The zero-order chi connectivity index (χ0) is 19.0. The van der Waals surface area contributed by atoms with Crippen LogP contribution in [0.2, 0.25) is 0 Å². The molecule has 0 aliphatic heterocycles. The second kappa shape index (κ2) is 9.38. The predicted octanol–water partition coefficient (Wildman–Crippen LogP) is 2.23. The molecule has 0 amide bonds. The van der Waals surface area contributed by atoms with E-state index in [2.05, 4.69) is 0 Å². The van der Waals surface area contributed by atoms with E-state index in [1.54, 1.807) is 50.4 Å². The molecule has 1 rings (SSSR count). The number of benzene rings is 1. The number of Topliss-reactive ketones (excluding diaryl/α,β-unsaturated/α-hetero) is 1. The molecule has 0 bridgehead atoms. The Bertz CT molecular complexity index is 713. The first kappa shape index (κ1) is 20.1. The molecule has 0 unspecified atom stereocenters. The van der Waals surface area contributed by atoms with Crippen LogP contribution >= 0.6 is 0 Å². The van der Waals surface area contributed by atoms with Crippen LogP contribution in [0.1, 0.15) is 5.56 Å². The van der Waals surface area contributed by atoms with Gasteiger partial charge in [-0.25, -0.2) is 0 Å². The summed E-state index contributed by atoms with van der Waals surface area (Å²) in [6.07, 6.45) is 3.64. The van der Waals surface area contributed by atoms with Gasteiger partial charge in [-0.05, 0) is 17.7 Å². The third-order valence-electron chi connectivity index (χ3n) is 3.30. The summed E-state index contributed by atoms with van der Waals surface area (Å²) in [6, 6.07) is 7.48. The molecular formula is C19H25N3O3. The van der Waals surface area contributed by atoms with Crippen molar-refractivity contribution in [1.29, 1.82) is 5.26 Å². The molecule has 0 saturated carbocycles. The van der Waals surface area contributed by atoms with Crippen LogP contribution in [0.25, 0.3) is 0 Å². The third kappa shape index (κ3) is 5.88. The Morgan fingerprint density at radius 2 is 1.68 bits per heavy atom. The van der Waals surface area contributed by atoms with Crippen molar-refractivity contribution in [3.63, 3.8) is 0 Å². The number of nitriles is 1. The van der Waals surface area contributed by atoms with Crippen molar-refractivity contribution in [3.05, 3.63) is 47.3 Å². The number of rotatable bonds is 8. The van der Waals surface area contributed by atoms with Gasteiger partial charge in [-0.3, -0.25) is 4.79 Å². The van der Waals surface area contributed by atoms with Crippen molar-refractivity contribution < 1.29 is 14.3 Å². The maximum atomic E-state index is 12.8. The number of methoxy groups -OCH3 is 2. The highest BCUT2D eigenvalue weighted by Crippen LogP contribution is 2.28. The number of allylic oxidation sites excluding steroid dienone is 2. The summed E-state index contributed by atoms with van der Waals surface area (Å²) in [5, 5.41) is 9.30. The molecular weight excluding hydrogens is 318 g/mol. The standard InChI is InChI=1S/C19H25N3O3/c1-21(2)12-15(19(23)16(11-20)13-22(3)4)9-14-7-8-17(24-5)18(10-14)25-6/h7-8,10,12-13H,9H2,1-6H3. The van der Waals surface area contributed by atoms with Crippen molar-refractivity contribution in [3.8, 4) is 17.6 Å². The van der Waals surface area contributed by atoms with Gasteiger partial charge in [0.05, 0.1) is 14.2 Å². The molecule has 0 radical (unpaired) electrons. The minimum atomic E-state index is -0.292. The number of hydrogen-bond donors (Lipinski definition) is 0. The monoisotopic (exact) mass is 343 g/mol. The average molecular weight is 343 g/mol. The lowest BCUT2D eigenvalue weighted by molar-refractivity contribution is -0.112. The van der Waals surface area contributed by atoms with Crippen LogP contribution in [0.5, 0.6) is 11.5 Å². The quantitative estimate of drug-likeness (QED) is 0.533. The van der Waals surface area contributed by atoms with E-state index >= 15 is 0 Å². The van der Waals surface area contributed by atoms with Crippen LogP contribution in [0.15, 0.2) is 41.7 Å². The minimum Gasteiger partial charge on any atom is -0.493 e. The zero-order valence-corrected chi connectivity index (χ0v) is 15.7. The molecule has 0 spiro atoms. The first-order valence-electron chi connectivity index (χ1n) is 7.73. The molecule has 0 aliphatic carbocycles. The maximum absolute atomic E-state index is 12.8. The van der Waals surface area contributed by atoms with Crippen LogP contribution in [0.4, 0.5) is 0 Å². The van der Waals surface area contributed by atoms with Crippen molar-refractivity contribution in [2.24, 2.45) is 0 Å². The normalized spacial score (nSPS) is 11.6. The van der Waals surface area contributed by atoms with Gasteiger partial charge in [-0.1, -0.05) is 6.07 Å². The molecule has 25 heavy (non-hydrogen) atoms. The highest BCUT2D eigenvalue weighted by Gasteiger charge is 2.17. The molecule has 1 aromatic rings. The van der Waals surface area contributed by atoms with Crippen molar-refractivity contribution in [1.82, 2.24) is 9.80 Å². The first-order chi connectivity index (χ1) is 11.8. The number of carbonyl (C=O) groups excluding carboxylic acids is 1. The molecule has 0 atom stereocenters. The summed E-state index contributed by atoms with van der Waals surface area (Å²) in [5.41, 5.74) is 1.51. The fourth-order valence-corrected chi connectivity index (χ4v) is 2.28. The molecule has 0 aliphatic rings. The lowest BCUT2D eigenvalue weighted by atomic mass is 9.98. The van der Waals surface area contributed by atoms with Gasteiger partial charge >= 0.3 is 0 Å². The van der Waals surface area contributed by atoms with E-state index in [1.165, 1.54) is 6.20 Å². The lowest BCUT2D eigenvalue weighted by Gasteiger charge is -2.14. The maximum Gasteiger partial charge on any atom is 0.202 e. The summed E-state index contributed by atoms with van der Waals surface area (Å²) in [7, 11) is 10.4. The van der Waals surface area contributed by atoms with Gasteiger partial charge in [0.15, 0.2) is 11.5 Å². The Labute approximate surface area is 149 Å². The number of nitrogens with zero attached hydrogens (tertiary/aromatic N) is 3. The Balaban J connectivity index is 3.22. The largest absolute Gasteiger partial charge is 0.493 e. The number of hydrogen-bond acceptors (Lipinski definition) is 6. The topological polar surface area (TPSA) is 65.8 Å². The summed E-state index contributed by atoms with van der Waals surface area (Å²) >= 11 is 0. The molecule has 6 nitrogen and oxygen atoms in total. The molecule has 1 aromatic carbocycles. The highest BCUT2D eigenvalue weighted by atomic mass is 16.5. The van der Waals surface area contributed by atoms with E-state index in [9.17, 15) is 10.1 Å². The van der Waals surface area contributed by atoms with E-state index in [0.717, 1.165) is 5.56 Å². The summed E-state index contributed by atoms with van der Waals surface area (Å²) in [5.74, 6) is 0.932. The Morgan fingerprint density at radius 1 is 1.08 bits per heavy atom. The SMILES string of the molecule is COc1ccc(CC(=CN(C)C)C(=O)C(C#N)=CN(C)C)cc1OC. The lowest BCUT2D eigenvalue weighted by Crippen LogP contribution is -2.15. The Kier molecular flexibility index (Phi) is 7.54. The summed E-state index contributed by atoms with van der Waals surface area (Å²) in [4.78, 5) is 16.2. The zero-order valence-electron chi connectivity index (χ0n) is 15.7. The van der Waals surface area contributed by atoms with Crippen LogP contribution in [-0.2, 0) is 11.2 Å². The Hall–Kier alpha value is -2.94. The van der Waals surface area contributed by atoms with Crippen molar-refractivity contribution >= 4 is 5.78 Å². The van der Waals surface area contributed by atoms with Crippen molar-refractivity contribution in [2.75, 3.05) is 42.4 Å². The van der Waals surface area contributed by atoms with E-state index in [4.69, 9.17) is 9.47 Å². The minimum absolute atomic E-state index is 0.0959. The van der Waals surface area contributed by atoms with Gasteiger partial charge in [0.1, 0.15) is 11.6 Å². The predicted molar refractivity (Wildman–Crippen MR) is 97.4 cm³/mol. The molecule has 0 N–H and O–H groups in total. The van der Waals surface area contributed by atoms with Crippen LogP contribution < -0.4 is 9.47 Å². The third-order valence-corrected chi connectivity index (χ3v) is 3.30. The first-order valence-corrected chi connectivity index (χ1v) is 7.73. The van der Waals surface area contributed by atoms with Crippen LogP contribution in [0.3, 0.4) is 0 Å². The molecule has 0 fully saturated rings.